The van der Waals surface area contributed by atoms with Gasteiger partial charge in [0, 0.05) is 0 Å². The van der Waals surface area contributed by atoms with Gasteiger partial charge < -0.3 is 9.38 Å². The van der Waals surface area contributed by atoms with E-state index < -0.39 is 16.5 Å². The minimum Gasteiger partial charge on any atom is -0.668 e. The predicted molar refractivity (Wildman–Crippen MR) is 88.5 cm³/mol. The van der Waals surface area contributed by atoms with Gasteiger partial charge in [-0.1, -0.05) is 55.8 Å². The number of hydrogen-bond donors (Lipinski definition) is 0. The van der Waals surface area contributed by atoms with Gasteiger partial charge in [-0.25, -0.2) is 0 Å². The Morgan fingerprint density at radius 1 is 0.737 bits per heavy atom. The normalized spacial score (nSPS) is 21.2. The summed E-state index contributed by atoms with van der Waals surface area (Å²) >= 11 is 0. The van der Waals surface area contributed by atoms with Crippen molar-refractivity contribution in [1.29, 1.82) is 0 Å². The van der Waals surface area contributed by atoms with Crippen LogP contribution in [0.3, 0.4) is 0 Å². The van der Waals surface area contributed by atoms with Crippen molar-refractivity contribution >= 4 is 16.5 Å². The molecule has 0 saturated carbocycles. The van der Waals surface area contributed by atoms with Crippen LogP contribution in [0.25, 0.3) is 4.65 Å². The average molecular weight is 328 g/mol. The predicted octanol–water partition coefficient (Wildman–Crippen LogP) is 2.39. The molecule has 1 heterocycles. The van der Waals surface area contributed by atoms with Gasteiger partial charge in [-0.2, -0.15) is 0 Å². The molecule has 0 atom stereocenters. The molecule has 0 aliphatic carbocycles. The molecule has 1 aliphatic rings. The van der Waals surface area contributed by atoms with E-state index in [1.165, 1.54) is 12.8 Å². The molecule has 0 aromatic carbocycles. The first kappa shape index (κ1) is 23.3. The zero-order chi connectivity index (χ0) is 14.8. The van der Waals surface area contributed by atoms with Crippen LogP contribution < -0.4 is 51.4 Å². The van der Waals surface area contributed by atoms with Crippen molar-refractivity contribution in [3.63, 3.8) is 0 Å². The molecule has 19 heavy (non-hydrogen) atoms. The average Bonchev–Trinajstić information content (AvgIpc) is 2.16. The van der Waals surface area contributed by atoms with Crippen molar-refractivity contribution in [2.45, 2.75) is 91.0 Å². The Kier molecular flexibility index (Phi) is 9.81. The first-order valence-electron chi connectivity index (χ1n) is 7.06. The largest absolute Gasteiger partial charge is 1.00 e. The third-order valence-corrected chi connectivity index (χ3v) is 7.92. The summed E-state index contributed by atoms with van der Waals surface area (Å²) in [6.07, 6.45) is 2.39. The Morgan fingerprint density at radius 2 is 1.00 bits per heavy atom. The summed E-state index contributed by atoms with van der Waals surface area (Å²) < 4.78 is 10.6. The van der Waals surface area contributed by atoms with Crippen LogP contribution in [0.15, 0.2) is 0 Å². The van der Waals surface area contributed by atoms with Crippen LogP contribution in [0.2, 0.25) is 39.3 Å². The SMILES string of the molecule is CC1(C)CCC(C)(C)O1.C[Si](C)(C)[N-][Si](C)(C)C.[K+]. The quantitative estimate of drug-likeness (QED) is 0.714. The first-order chi connectivity index (χ1) is 7.62. The molecule has 0 radical (unpaired) electrons. The third-order valence-electron chi connectivity index (χ3n) is 2.55. The minimum absolute atomic E-state index is 0. The zero-order valence-electron chi connectivity index (χ0n) is 15.3. The van der Waals surface area contributed by atoms with Crippen molar-refractivity contribution in [3.8, 4) is 0 Å². The summed E-state index contributed by atoms with van der Waals surface area (Å²) in [4.78, 5) is 0. The van der Waals surface area contributed by atoms with E-state index in [1.807, 2.05) is 0 Å². The fourth-order valence-corrected chi connectivity index (χ4v) is 10.5. The zero-order valence-corrected chi connectivity index (χ0v) is 20.4. The van der Waals surface area contributed by atoms with E-state index in [2.05, 4.69) is 67.0 Å². The van der Waals surface area contributed by atoms with Crippen molar-refractivity contribution in [2.75, 3.05) is 0 Å². The van der Waals surface area contributed by atoms with E-state index >= 15 is 0 Å². The molecule has 0 amide bonds. The van der Waals surface area contributed by atoms with Gasteiger partial charge in [-0.05, 0) is 40.5 Å². The van der Waals surface area contributed by atoms with E-state index in [1.54, 1.807) is 0 Å². The second-order valence-electron chi connectivity index (χ2n) is 8.57. The van der Waals surface area contributed by atoms with E-state index in [9.17, 15) is 0 Å². The van der Waals surface area contributed by atoms with Gasteiger partial charge in [-0.15, -0.1) is 0 Å². The summed E-state index contributed by atoms with van der Waals surface area (Å²) in [5, 5.41) is 0. The smallest absolute Gasteiger partial charge is 0.668 e. The maximum Gasteiger partial charge on any atom is 1.00 e. The molecule has 0 aromatic rings. The van der Waals surface area contributed by atoms with Crippen LogP contribution >= 0.6 is 0 Å². The van der Waals surface area contributed by atoms with Crippen molar-refractivity contribution in [3.05, 3.63) is 4.65 Å². The molecular formula is C14H34KNOSi2. The molecule has 1 aliphatic heterocycles. The Hall–Kier alpha value is 1.99. The summed E-state index contributed by atoms with van der Waals surface area (Å²) in [7, 11) is -2.21. The number of rotatable bonds is 2. The Morgan fingerprint density at radius 3 is 1.05 bits per heavy atom. The molecule has 1 fully saturated rings. The number of ether oxygens (including phenoxy) is 1. The van der Waals surface area contributed by atoms with E-state index in [-0.39, 0.29) is 62.6 Å². The van der Waals surface area contributed by atoms with Gasteiger partial charge >= 0.3 is 51.4 Å². The van der Waals surface area contributed by atoms with Gasteiger partial charge in [0.25, 0.3) is 0 Å². The monoisotopic (exact) mass is 327 g/mol. The molecule has 110 valence electrons. The summed E-state index contributed by atoms with van der Waals surface area (Å²) in [6, 6.07) is 0. The Labute approximate surface area is 166 Å². The van der Waals surface area contributed by atoms with Crippen molar-refractivity contribution < 1.29 is 56.1 Å². The van der Waals surface area contributed by atoms with Crippen LogP contribution in [0.4, 0.5) is 0 Å². The van der Waals surface area contributed by atoms with E-state index in [0.29, 0.717) is 0 Å². The van der Waals surface area contributed by atoms with Gasteiger partial charge in [0.1, 0.15) is 0 Å². The third kappa shape index (κ3) is 14.7. The molecule has 0 bridgehead atoms. The first-order valence-corrected chi connectivity index (χ1v) is 14.0. The molecular weight excluding hydrogens is 293 g/mol. The minimum atomic E-state index is -1.11. The fraction of sp³-hybridized carbons (Fsp3) is 1.00. The summed E-state index contributed by atoms with van der Waals surface area (Å²) in [5.74, 6) is 0. The van der Waals surface area contributed by atoms with Crippen LogP contribution in [-0.2, 0) is 4.74 Å². The molecule has 0 N–H and O–H groups in total. The molecule has 5 heteroatoms. The summed E-state index contributed by atoms with van der Waals surface area (Å²) in [6.45, 7) is 22.4. The van der Waals surface area contributed by atoms with Crippen molar-refractivity contribution in [2.24, 2.45) is 0 Å². The Balaban J connectivity index is 0. The van der Waals surface area contributed by atoms with E-state index in [4.69, 9.17) is 9.38 Å². The maximum atomic E-state index is 5.74. The standard InChI is InChI=1S/C8H16O.C6H18NSi2.K/c1-7(2)5-6-8(3,4)9-7;1-8(2,3)7-9(4,5)6;/h5-6H2,1-4H3;1-6H3;/q;-1;+1. The molecule has 0 aromatic heterocycles. The maximum absolute atomic E-state index is 5.74. The summed E-state index contributed by atoms with van der Waals surface area (Å²) in [5.41, 5.74) is 0.257. The second kappa shape index (κ2) is 8.02. The van der Waals surface area contributed by atoms with Crippen LogP contribution in [0.5, 0.6) is 0 Å². The Bertz CT molecular complexity index is 242. The molecule has 1 saturated heterocycles. The van der Waals surface area contributed by atoms with E-state index in [0.717, 1.165) is 0 Å². The van der Waals surface area contributed by atoms with Crippen LogP contribution in [0.1, 0.15) is 40.5 Å². The molecule has 1 rings (SSSR count). The molecule has 0 unspecified atom stereocenters. The molecule has 2 nitrogen and oxygen atoms in total. The van der Waals surface area contributed by atoms with Gasteiger partial charge in [0.05, 0.1) is 11.2 Å². The van der Waals surface area contributed by atoms with Crippen LogP contribution in [0, 0.1) is 0 Å². The van der Waals surface area contributed by atoms with Gasteiger partial charge in [0.15, 0.2) is 0 Å². The van der Waals surface area contributed by atoms with Gasteiger partial charge in [0.2, 0.25) is 0 Å². The number of nitrogens with zero attached hydrogens (tertiary/aromatic N) is 1. The van der Waals surface area contributed by atoms with Crippen molar-refractivity contribution in [1.82, 2.24) is 0 Å². The van der Waals surface area contributed by atoms with Gasteiger partial charge in [-0.3, -0.25) is 0 Å². The number of hydrogen-bond acceptors (Lipinski definition) is 1. The molecule has 0 spiro atoms. The second-order valence-corrected chi connectivity index (χ2v) is 18.2. The topological polar surface area (TPSA) is 23.3 Å². The van der Waals surface area contributed by atoms with Crippen LogP contribution in [-0.4, -0.2) is 27.7 Å². The fourth-order valence-electron chi connectivity index (χ4n) is 2.46.